The zero-order valence-corrected chi connectivity index (χ0v) is 17.7. The van der Waals surface area contributed by atoms with Gasteiger partial charge < -0.3 is 15.4 Å². The molecule has 1 aliphatic heterocycles. The Balaban J connectivity index is 1.93. The Morgan fingerprint density at radius 3 is 2.61 bits per heavy atom. The number of esters is 1. The highest BCUT2D eigenvalue weighted by molar-refractivity contribution is 7.99. The highest BCUT2D eigenvalue weighted by atomic mass is 35.5. The molecule has 2 amide bonds. The Kier molecular flexibility index (Phi) is 7.11. The van der Waals surface area contributed by atoms with Gasteiger partial charge in [0.15, 0.2) is 0 Å². The van der Waals surface area contributed by atoms with Crippen LogP contribution in [-0.2, 0) is 15.7 Å². The Morgan fingerprint density at radius 2 is 2.00 bits per heavy atom. The summed E-state index contributed by atoms with van der Waals surface area (Å²) < 4.78 is 43.6. The first kappa shape index (κ1) is 23.0. The van der Waals surface area contributed by atoms with E-state index in [1.54, 1.807) is 37.3 Å². The summed E-state index contributed by atoms with van der Waals surface area (Å²) in [7, 11) is 0. The lowest BCUT2D eigenvalue weighted by Gasteiger charge is -2.29. The molecule has 1 aromatic heterocycles. The van der Waals surface area contributed by atoms with Crippen molar-refractivity contribution in [1.82, 2.24) is 15.6 Å². The van der Waals surface area contributed by atoms with E-state index in [9.17, 15) is 22.8 Å². The van der Waals surface area contributed by atoms with Crippen LogP contribution in [0.15, 0.2) is 58.9 Å². The number of ether oxygens (including phenoxy) is 1. The number of carbonyl (C=O) groups is 2. The van der Waals surface area contributed by atoms with E-state index in [4.69, 9.17) is 16.3 Å². The van der Waals surface area contributed by atoms with E-state index in [2.05, 4.69) is 15.6 Å². The Labute approximate surface area is 185 Å². The molecule has 0 radical (unpaired) electrons. The number of amides is 2. The van der Waals surface area contributed by atoms with E-state index < -0.39 is 29.8 Å². The number of alkyl halides is 3. The molecule has 1 unspecified atom stereocenters. The van der Waals surface area contributed by atoms with Crippen LogP contribution in [0.5, 0.6) is 0 Å². The first-order valence-electron chi connectivity index (χ1n) is 9.08. The monoisotopic (exact) mass is 471 g/mol. The van der Waals surface area contributed by atoms with Gasteiger partial charge in [-0.2, -0.15) is 13.2 Å². The van der Waals surface area contributed by atoms with E-state index in [0.29, 0.717) is 11.8 Å². The average Bonchev–Trinajstić information content (AvgIpc) is 2.72. The van der Waals surface area contributed by atoms with E-state index in [1.165, 1.54) is 0 Å². The normalized spacial score (nSPS) is 16.5. The summed E-state index contributed by atoms with van der Waals surface area (Å²) in [5.41, 5.74) is 0.170. The summed E-state index contributed by atoms with van der Waals surface area (Å²) >= 11 is 6.96. The van der Waals surface area contributed by atoms with Crippen molar-refractivity contribution in [3.05, 3.63) is 70.0 Å². The summed E-state index contributed by atoms with van der Waals surface area (Å²) in [5.74, 6) is -0.589. The van der Waals surface area contributed by atoms with Crippen LogP contribution in [0.25, 0.3) is 0 Å². The molecule has 0 saturated heterocycles. The highest BCUT2D eigenvalue weighted by Crippen LogP contribution is 2.35. The van der Waals surface area contributed by atoms with Gasteiger partial charge in [0.05, 0.1) is 28.8 Å². The Bertz CT molecular complexity index is 1020. The number of pyridine rings is 1. The largest absolute Gasteiger partial charge is 0.463 e. The molecule has 1 atom stereocenters. The molecule has 3 rings (SSSR count). The topological polar surface area (TPSA) is 80.3 Å². The molecule has 2 heterocycles. The standard InChI is InChI=1S/C20H17ClF3N3O3S/c1-2-30-18(28)15-14(26-19(29)27-16(15)11-6-4-3-5-7-11)10-31-17-13(21)8-12(9-25-17)20(22,23)24/h3-9,16H,2,10H2,1H3,(H2,26,27,29). The second-order valence-corrected chi connectivity index (χ2v) is 7.72. The lowest BCUT2D eigenvalue weighted by atomic mass is 9.95. The molecule has 0 bridgehead atoms. The fourth-order valence-corrected chi connectivity index (χ4v) is 4.07. The second kappa shape index (κ2) is 9.61. The smallest absolute Gasteiger partial charge is 0.417 e. The number of rotatable bonds is 6. The first-order chi connectivity index (χ1) is 14.7. The van der Waals surface area contributed by atoms with Crippen molar-refractivity contribution in [2.24, 2.45) is 0 Å². The van der Waals surface area contributed by atoms with Crippen LogP contribution in [0.1, 0.15) is 24.1 Å². The molecule has 0 fully saturated rings. The summed E-state index contributed by atoms with van der Waals surface area (Å²) in [6.45, 7) is 1.79. The third-order valence-electron chi connectivity index (χ3n) is 4.27. The van der Waals surface area contributed by atoms with Crippen molar-refractivity contribution >= 4 is 35.4 Å². The number of urea groups is 1. The van der Waals surface area contributed by atoms with Crippen LogP contribution >= 0.6 is 23.4 Å². The summed E-state index contributed by atoms with van der Waals surface area (Å²) in [4.78, 5) is 28.7. The number of thioether (sulfide) groups is 1. The third-order valence-corrected chi connectivity index (χ3v) is 5.70. The zero-order chi connectivity index (χ0) is 22.6. The Morgan fingerprint density at radius 1 is 1.29 bits per heavy atom. The first-order valence-corrected chi connectivity index (χ1v) is 10.4. The van der Waals surface area contributed by atoms with Crippen molar-refractivity contribution in [2.75, 3.05) is 12.4 Å². The van der Waals surface area contributed by atoms with Crippen LogP contribution in [-0.4, -0.2) is 29.3 Å². The van der Waals surface area contributed by atoms with E-state index >= 15 is 0 Å². The molecule has 0 spiro atoms. The second-order valence-electron chi connectivity index (χ2n) is 6.35. The quantitative estimate of drug-likeness (QED) is 0.471. The molecule has 0 saturated carbocycles. The number of benzene rings is 1. The summed E-state index contributed by atoms with van der Waals surface area (Å²) in [6.07, 6.45) is -3.88. The van der Waals surface area contributed by atoms with Crippen LogP contribution in [0.3, 0.4) is 0 Å². The van der Waals surface area contributed by atoms with Crippen molar-refractivity contribution < 1.29 is 27.5 Å². The lowest BCUT2D eigenvalue weighted by Crippen LogP contribution is -2.46. The van der Waals surface area contributed by atoms with Gasteiger partial charge in [-0.15, -0.1) is 0 Å². The predicted octanol–water partition coefficient (Wildman–Crippen LogP) is 4.72. The Hall–Kier alpha value is -2.72. The lowest BCUT2D eigenvalue weighted by molar-refractivity contribution is -0.139. The van der Waals surface area contributed by atoms with Gasteiger partial charge in [-0.1, -0.05) is 53.7 Å². The molecule has 6 nitrogen and oxygen atoms in total. The zero-order valence-electron chi connectivity index (χ0n) is 16.1. The predicted molar refractivity (Wildman–Crippen MR) is 109 cm³/mol. The summed E-state index contributed by atoms with van der Waals surface area (Å²) in [5, 5.41) is 5.24. The van der Waals surface area contributed by atoms with Gasteiger partial charge in [0.25, 0.3) is 0 Å². The van der Waals surface area contributed by atoms with Crippen LogP contribution in [0.2, 0.25) is 5.02 Å². The van der Waals surface area contributed by atoms with Crippen LogP contribution in [0, 0.1) is 0 Å². The number of hydrogen-bond acceptors (Lipinski definition) is 5. The molecular weight excluding hydrogens is 455 g/mol. The van der Waals surface area contributed by atoms with Gasteiger partial charge >= 0.3 is 18.2 Å². The van der Waals surface area contributed by atoms with E-state index in [1.807, 2.05) is 0 Å². The van der Waals surface area contributed by atoms with Gasteiger partial charge in [-0.3, -0.25) is 0 Å². The van der Waals surface area contributed by atoms with E-state index in [0.717, 1.165) is 17.8 Å². The molecule has 164 valence electrons. The number of hydrogen-bond donors (Lipinski definition) is 2. The minimum atomic E-state index is -4.56. The molecular formula is C20H17ClF3N3O3S. The minimum absolute atomic E-state index is 0.0307. The van der Waals surface area contributed by atoms with Gasteiger partial charge in [0, 0.05) is 17.6 Å². The highest BCUT2D eigenvalue weighted by Gasteiger charge is 2.34. The molecule has 2 aromatic rings. The van der Waals surface area contributed by atoms with Crippen molar-refractivity contribution in [3.8, 4) is 0 Å². The van der Waals surface area contributed by atoms with Crippen LogP contribution < -0.4 is 10.6 Å². The fourth-order valence-electron chi connectivity index (χ4n) is 2.90. The molecule has 31 heavy (non-hydrogen) atoms. The van der Waals surface area contributed by atoms with Gasteiger partial charge in [-0.05, 0) is 18.6 Å². The maximum Gasteiger partial charge on any atom is 0.417 e. The maximum atomic E-state index is 12.8. The third kappa shape index (κ3) is 5.50. The maximum absolute atomic E-state index is 12.8. The molecule has 0 aliphatic carbocycles. The number of nitrogens with one attached hydrogen (secondary N) is 2. The fraction of sp³-hybridized carbons (Fsp3) is 0.250. The molecule has 2 N–H and O–H groups in total. The van der Waals surface area contributed by atoms with Crippen molar-refractivity contribution in [2.45, 2.75) is 24.2 Å². The number of nitrogens with zero attached hydrogens (tertiary/aromatic N) is 1. The number of halogens is 4. The number of aromatic nitrogens is 1. The minimum Gasteiger partial charge on any atom is -0.463 e. The van der Waals surface area contributed by atoms with Gasteiger partial charge in [-0.25, -0.2) is 14.6 Å². The average molecular weight is 472 g/mol. The molecule has 1 aliphatic rings. The number of carbonyl (C=O) groups excluding carboxylic acids is 2. The SMILES string of the molecule is CCOC(=O)C1=C(CSc2ncc(C(F)(F)F)cc2Cl)NC(=O)NC1c1ccccc1. The van der Waals surface area contributed by atoms with Crippen molar-refractivity contribution in [1.29, 1.82) is 0 Å². The van der Waals surface area contributed by atoms with Crippen molar-refractivity contribution in [3.63, 3.8) is 0 Å². The molecule has 11 heteroatoms. The molecule has 1 aromatic carbocycles. The summed E-state index contributed by atoms with van der Waals surface area (Å²) in [6, 6.07) is 8.37. The van der Waals surface area contributed by atoms with E-state index in [-0.39, 0.29) is 33.7 Å². The van der Waals surface area contributed by atoms with Gasteiger partial charge in [0.2, 0.25) is 0 Å². The van der Waals surface area contributed by atoms with Gasteiger partial charge in [0.1, 0.15) is 5.03 Å². The van der Waals surface area contributed by atoms with Crippen LogP contribution in [0.4, 0.5) is 18.0 Å².